The number of aromatic nitrogens is 2. The fraction of sp³-hybridized carbons (Fsp3) is 0.0609. The van der Waals surface area contributed by atoms with Crippen LogP contribution in [0, 0.1) is 54.8 Å². The first-order chi connectivity index (χ1) is 71.9. The van der Waals surface area contributed by atoms with Gasteiger partial charge in [0, 0.05) is 106 Å². The lowest BCUT2D eigenvalue weighted by Crippen LogP contribution is -2.31. The number of hydrogen-bond acceptors (Lipinski definition) is 23. The molecule has 9 N–H and O–H groups in total. The van der Waals surface area contributed by atoms with Gasteiger partial charge in [-0.15, -0.1) is 0 Å². The molecular formula is C115H101BBrN9O19S5. The number of hydrogen-bond donors (Lipinski definition) is 7. The highest BCUT2D eigenvalue weighted by atomic mass is 79.9. The minimum Gasteiger partial charge on any atom is -0.423 e. The van der Waals surface area contributed by atoms with Crippen molar-refractivity contribution < 1.29 is 76.3 Å². The van der Waals surface area contributed by atoms with Crippen molar-refractivity contribution in [3.05, 3.63) is 507 Å². The molecule has 28 nitrogen and oxygen atoms in total. The number of halogens is 1. The van der Waals surface area contributed by atoms with Gasteiger partial charge in [0.05, 0.1) is 58.8 Å². The number of nitrogens with one attached hydrogen (secondary N) is 3. The van der Waals surface area contributed by atoms with Gasteiger partial charge < -0.3 is 36.9 Å². The summed E-state index contributed by atoms with van der Waals surface area (Å²) in [6.45, 7) is 10.6. The number of carbonyl (C=O) groups is 2. The van der Waals surface area contributed by atoms with E-state index in [1.54, 1.807) is 176 Å². The van der Waals surface area contributed by atoms with Crippen molar-refractivity contribution in [2.45, 2.75) is 96.7 Å². The smallest absolute Gasteiger partial charge is 0.423 e. The van der Waals surface area contributed by atoms with Crippen LogP contribution in [0.15, 0.2) is 497 Å². The highest BCUT2D eigenvalue weighted by Crippen LogP contribution is 2.40. The van der Waals surface area contributed by atoms with E-state index in [9.17, 15) is 71.9 Å². The third-order valence-corrected chi connectivity index (χ3v) is 33.0. The van der Waals surface area contributed by atoms with Crippen LogP contribution in [0.1, 0.15) is 38.9 Å². The number of ether oxygens (including phenoxy) is 1. The first kappa shape index (κ1) is 112. The quantitative estimate of drug-likeness (QED) is 0.0135. The molecule has 0 fully saturated rings. The summed E-state index contributed by atoms with van der Waals surface area (Å²) < 4.78 is 136. The number of pyridine rings is 2. The largest absolute Gasteiger partial charge is 0.488 e. The third-order valence-electron chi connectivity index (χ3n) is 22.9. The number of aryl methyl sites for hydroxylation is 5. The second kappa shape index (κ2) is 52.5. The molecule has 0 saturated carbocycles. The normalized spacial score (nSPS) is 10.9. The number of rotatable bonds is 23. The van der Waals surface area contributed by atoms with Crippen LogP contribution in [-0.2, 0) is 62.3 Å². The molecule has 760 valence electrons. The maximum absolute atomic E-state index is 13.4. The first-order valence-electron chi connectivity index (χ1n) is 46.0. The van der Waals surface area contributed by atoms with E-state index in [4.69, 9.17) is 26.3 Å². The second-order valence-electron chi connectivity index (χ2n) is 33.1. The summed E-state index contributed by atoms with van der Waals surface area (Å²) in [4.78, 5) is 53.9. The zero-order valence-electron chi connectivity index (χ0n) is 81.3. The molecule has 0 saturated heterocycles. The molecule has 0 aliphatic rings. The maximum atomic E-state index is 13.4. The van der Waals surface area contributed by atoms with Gasteiger partial charge in [-0.2, -0.15) is 0 Å². The Balaban J connectivity index is 0.000000161. The number of nitrogens with two attached hydrogens (primary N) is 2. The standard InChI is InChI=1S/C26H23N3O3S.C26H21NO4S.C19H15NO4S.C19H17NO2S.C12H8BrNO4S.C7H9BO2.C6H8N2/c1-19-6-2-3-7-23(19)24-8-4-5-9-25(24)33(31,32)22-12-10-21(11-13-22)29-26(30)28-18-20-14-16-27-17-15-20;1-19-9-5-6-12-23(19)24-13-7-8-14-25(24)32(29,30)22-17-15-20(16-18-22)27-26(28)31-21-10-3-2-4-11-21;1-14-6-2-3-7-17(14)18-8-4-5-9-19(18)25(23,24)16-12-10-15(11-13-16)20(21)22;1-14-6-2-3-7-17(14)18-8-4-5-9-19(18)23(21,22)16-12-10-15(20)11-13-16;13-11-3-1-2-4-12(11)19(17,18)10-7-5-9(6-8-10)14(15)16;1-6-4-2-3-5-7(6)8(9)10;7-5-6-1-3-8-4-2-6/h2-17H,18H2,1H3,(H2,28,29,30);2-18H,1H3,(H,27,28);2-13H,1H3;2-13H,20H2,1H3;1-8H;2-5,9-10H,1H3;1-4H,5,7H2. The van der Waals surface area contributed by atoms with Crippen molar-refractivity contribution in [2.75, 3.05) is 16.4 Å². The van der Waals surface area contributed by atoms with Crippen LogP contribution < -0.4 is 37.6 Å². The molecule has 3 amide bonds. The van der Waals surface area contributed by atoms with Crippen LogP contribution >= 0.6 is 15.9 Å². The van der Waals surface area contributed by atoms with E-state index < -0.39 is 72.2 Å². The van der Waals surface area contributed by atoms with E-state index in [1.165, 1.54) is 91.0 Å². The molecule has 0 atom stereocenters. The van der Waals surface area contributed by atoms with Crippen molar-refractivity contribution in [3.8, 4) is 50.3 Å². The molecule has 35 heteroatoms. The number of sulfone groups is 5. The van der Waals surface area contributed by atoms with E-state index in [0.29, 0.717) is 73.0 Å². The predicted molar refractivity (Wildman–Crippen MR) is 587 cm³/mol. The summed E-state index contributed by atoms with van der Waals surface area (Å²) in [6, 6.07) is 116. The van der Waals surface area contributed by atoms with Crippen LogP contribution in [0.2, 0.25) is 0 Å². The predicted octanol–water partition coefficient (Wildman–Crippen LogP) is 23.2. The Hall–Kier alpha value is -16.9. The average Bonchev–Trinajstić information content (AvgIpc) is 0.790. The lowest BCUT2D eigenvalue weighted by Gasteiger charge is -2.13. The fourth-order valence-corrected chi connectivity index (χ4v) is 23.2. The summed E-state index contributed by atoms with van der Waals surface area (Å²) in [6.07, 6.45) is 6.14. The molecule has 18 aromatic rings. The average molecular weight is 2160 g/mol. The van der Waals surface area contributed by atoms with Crippen LogP contribution in [0.5, 0.6) is 5.75 Å². The Kier molecular flexibility index (Phi) is 39.1. The molecule has 0 aliphatic heterocycles. The van der Waals surface area contributed by atoms with Gasteiger partial charge in [-0.1, -0.05) is 230 Å². The Bertz CT molecular complexity index is 8380. The van der Waals surface area contributed by atoms with E-state index in [1.807, 2.05) is 211 Å². The molecule has 0 aliphatic carbocycles. The van der Waals surface area contributed by atoms with Gasteiger partial charge >= 0.3 is 19.2 Å². The minimum absolute atomic E-state index is 0.0185. The Morgan fingerprint density at radius 3 is 0.913 bits per heavy atom. The number of urea groups is 1. The number of carbonyl (C=O) groups excluding carboxylic acids is 2. The lowest BCUT2D eigenvalue weighted by atomic mass is 9.77. The topological polar surface area (TPSA) is 455 Å². The summed E-state index contributed by atoms with van der Waals surface area (Å²) >= 11 is 3.18. The molecule has 150 heavy (non-hydrogen) atoms. The molecule has 0 radical (unpaired) electrons. The molecule has 0 bridgehead atoms. The van der Waals surface area contributed by atoms with Gasteiger partial charge in [0.2, 0.25) is 49.2 Å². The maximum Gasteiger partial charge on any atom is 0.488 e. The van der Waals surface area contributed by atoms with E-state index in [2.05, 4.69) is 41.8 Å². The number of non-ortho nitro benzene ring substituents is 2. The summed E-state index contributed by atoms with van der Waals surface area (Å²) in [5.41, 5.74) is 25.8. The molecule has 16 aromatic carbocycles. The van der Waals surface area contributed by atoms with Gasteiger partial charge in [-0.05, 0) is 282 Å². The van der Waals surface area contributed by atoms with Gasteiger partial charge in [0.25, 0.3) is 11.4 Å². The number of nitro benzene ring substituents is 2. The van der Waals surface area contributed by atoms with Crippen molar-refractivity contribution in [2.24, 2.45) is 5.73 Å². The zero-order chi connectivity index (χ0) is 108. The first-order valence-corrected chi connectivity index (χ1v) is 54.2. The van der Waals surface area contributed by atoms with Crippen molar-refractivity contribution in [1.82, 2.24) is 15.3 Å². The van der Waals surface area contributed by atoms with Gasteiger partial charge in [-0.25, -0.2) is 51.7 Å². The van der Waals surface area contributed by atoms with Gasteiger partial charge in [0.15, 0.2) is 0 Å². The Labute approximate surface area is 879 Å². The SMILES string of the molecule is Cc1ccccc1-c1ccccc1S(=O)(=O)c1ccc(N)cc1.Cc1ccccc1-c1ccccc1S(=O)(=O)c1ccc(NC(=O)NCc2ccncc2)cc1.Cc1ccccc1-c1ccccc1S(=O)(=O)c1ccc(NC(=O)Oc2ccccc2)cc1.Cc1ccccc1-c1ccccc1S(=O)(=O)c1ccc([N+](=O)[O-])cc1.Cc1ccccc1B(O)O.NCc1ccncc1.O=[N+]([O-])c1ccc(S(=O)(=O)c2ccccc2Br)cc1. The van der Waals surface area contributed by atoms with Crippen molar-refractivity contribution >= 4 is 118 Å². The highest BCUT2D eigenvalue weighted by Gasteiger charge is 2.29. The second-order valence-corrected chi connectivity index (χ2v) is 43.5. The number of benzene rings is 16. The molecular weight excluding hydrogens is 2060 g/mol. The van der Waals surface area contributed by atoms with E-state index >= 15 is 0 Å². The number of nitro groups is 2. The summed E-state index contributed by atoms with van der Waals surface area (Å²) in [5.74, 6) is 0.414. The van der Waals surface area contributed by atoms with E-state index in [-0.39, 0.29) is 61.5 Å². The Morgan fingerprint density at radius 1 is 0.333 bits per heavy atom. The van der Waals surface area contributed by atoms with Gasteiger partial charge in [0.1, 0.15) is 5.75 Å². The number of nitrogens with zero attached hydrogens (tertiary/aromatic N) is 4. The lowest BCUT2D eigenvalue weighted by molar-refractivity contribution is -0.385. The minimum atomic E-state index is -3.80. The Morgan fingerprint density at radius 2 is 0.607 bits per heavy atom. The molecule has 0 unspecified atom stereocenters. The summed E-state index contributed by atoms with van der Waals surface area (Å²) in [5, 5.41) is 46.9. The molecule has 0 spiro atoms. The van der Waals surface area contributed by atoms with Gasteiger partial charge in [-0.3, -0.25) is 35.5 Å². The van der Waals surface area contributed by atoms with E-state index in [0.717, 1.165) is 61.2 Å². The molecule has 2 heterocycles. The van der Waals surface area contributed by atoms with Crippen LogP contribution in [0.4, 0.5) is 38.0 Å². The monoisotopic (exact) mass is 2160 g/mol. The number of anilines is 3. The summed E-state index contributed by atoms with van der Waals surface area (Å²) in [7, 11) is -20.0. The van der Waals surface area contributed by atoms with Crippen molar-refractivity contribution in [3.63, 3.8) is 0 Å². The number of amides is 3. The highest BCUT2D eigenvalue weighted by molar-refractivity contribution is 9.10. The van der Waals surface area contributed by atoms with Crippen LogP contribution in [0.25, 0.3) is 44.5 Å². The van der Waals surface area contributed by atoms with Crippen LogP contribution in [-0.4, -0.2) is 91.2 Å². The molecule has 2 aromatic heterocycles. The van der Waals surface area contributed by atoms with Crippen LogP contribution in [0.3, 0.4) is 0 Å². The number of para-hydroxylation sites is 1. The number of nitrogen functional groups attached to an aromatic ring is 1. The molecule has 18 rings (SSSR count). The third kappa shape index (κ3) is 29.6. The fourth-order valence-electron chi connectivity index (χ4n) is 15.1. The zero-order valence-corrected chi connectivity index (χ0v) is 87.0. The van der Waals surface area contributed by atoms with Crippen molar-refractivity contribution in [1.29, 1.82) is 0 Å².